The van der Waals surface area contributed by atoms with Crippen molar-refractivity contribution in [2.24, 2.45) is 5.92 Å². The Morgan fingerprint density at radius 2 is 2.00 bits per heavy atom. The van der Waals surface area contributed by atoms with Gasteiger partial charge in [0, 0.05) is 10.6 Å². The van der Waals surface area contributed by atoms with Crippen LogP contribution in [0.3, 0.4) is 0 Å². The molecule has 1 fully saturated rings. The lowest BCUT2D eigenvalue weighted by atomic mass is 10.1. The van der Waals surface area contributed by atoms with E-state index >= 15 is 0 Å². The first-order valence-corrected chi connectivity index (χ1v) is 7.62. The number of hydrogen-bond acceptors (Lipinski definition) is 2. The molecule has 1 N–H and O–H groups in total. The monoisotopic (exact) mass is 297 g/mol. The summed E-state index contributed by atoms with van der Waals surface area (Å²) in [5.41, 5.74) is 1.04. The van der Waals surface area contributed by atoms with E-state index in [0.717, 1.165) is 11.6 Å². The van der Waals surface area contributed by atoms with Crippen molar-refractivity contribution in [1.82, 2.24) is 0 Å². The van der Waals surface area contributed by atoms with Crippen LogP contribution in [0, 0.1) is 5.92 Å². The molecule has 0 spiro atoms. The van der Waals surface area contributed by atoms with Crippen molar-refractivity contribution < 1.29 is 0 Å². The molecule has 0 saturated heterocycles. The first-order valence-electron chi connectivity index (χ1n) is 5.99. The van der Waals surface area contributed by atoms with Crippen molar-refractivity contribution in [2.45, 2.75) is 18.9 Å². The van der Waals surface area contributed by atoms with Crippen molar-refractivity contribution in [3.63, 3.8) is 0 Å². The summed E-state index contributed by atoms with van der Waals surface area (Å²) >= 11 is 13.8. The predicted octanol–water partition coefficient (Wildman–Crippen LogP) is 5.62. The third kappa shape index (κ3) is 2.66. The minimum Gasteiger partial charge on any atom is -0.377 e. The van der Waals surface area contributed by atoms with E-state index in [0.29, 0.717) is 16.1 Å². The van der Waals surface area contributed by atoms with Gasteiger partial charge in [0.2, 0.25) is 0 Å². The molecule has 1 aliphatic rings. The number of nitrogens with one attached hydrogen (secondary N) is 1. The van der Waals surface area contributed by atoms with Crippen molar-refractivity contribution >= 4 is 40.2 Å². The van der Waals surface area contributed by atoms with Crippen LogP contribution >= 0.6 is 34.5 Å². The van der Waals surface area contributed by atoms with Crippen LogP contribution < -0.4 is 5.32 Å². The van der Waals surface area contributed by atoms with Crippen LogP contribution in [0.5, 0.6) is 0 Å². The highest BCUT2D eigenvalue weighted by molar-refractivity contribution is 7.10. The first kappa shape index (κ1) is 12.3. The maximum Gasteiger partial charge on any atom is 0.0634 e. The molecule has 1 aromatic heterocycles. The molecule has 1 nitrogen and oxygen atoms in total. The van der Waals surface area contributed by atoms with Gasteiger partial charge in [-0.15, -0.1) is 11.3 Å². The summed E-state index contributed by atoms with van der Waals surface area (Å²) in [6.45, 7) is 0. The second-order valence-electron chi connectivity index (χ2n) is 4.60. The fraction of sp³-hybridized carbons (Fsp3) is 0.286. The van der Waals surface area contributed by atoms with Crippen molar-refractivity contribution in [3.8, 4) is 0 Å². The van der Waals surface area contributed by atoms with E-state index in [9.17, 15) is 0 Å². The molecule has 1 saturated carbocycles. The lowest BCUT2D eigenvalue weighted by Crippen LogP contribution is -2.11. The molecular formula is C14H13Cl2NS. The lowest BCUT2D eigenvalue weighted by molar-refractivity contribution is 0.691. The smallest absolute Gasteiger partial charge is 0.0634 e. The van der Waals surface area contributed by atoms with E-state index in [1.807, 2.05) is 18.2 Å². The zero-order chi connectivity index (χ0) is 12.5. The van der Waals surface area contributed by atoms with E-state index < -0.39 is 0 Å². The van der Waals surface area contributed by atoms with E-state index in [-0.39, 0.29) is 0 Å². The van der Waals surface area contributed by atoms with Crippen LogP contribution in [0.25, 0.3) is 0 Å². The Hall–Kier alpha value is -0.700. The highest BCUT2D eigenvalue weighted by Gasteiger charge is 2.32. The summed E-state index contributed by atoms with van der Waals surface area (Å²) < 4.78 is 0. The topological polar surface area (TPSA) is 12.0 Å². The Labute approximate surface area is 121 Å². The van der Waals surface area contributed by atoms with E-state index in [4.69, 9.17) is 23.2 Å². The van der Waals surface area contributed by atoms with Crippen LogP contribution in [0.1, 0.15) is 23.8 Å². The number of thiophene rings is 1. The molecule has 1 aliphatic carbocycles. The Morgan fingerprint density at radius 3 is 2.61 bits per heavy atom. The van der Waals surface area contributed by atoms with Crippen molar-refractivity contribution in [3.05, 3.63) is 50.6 Å². The molecule has 18 heavy (non-hydrogen) atoms. The van der Waals surface area contributed by atoms with Gasteiger partial charge in [-0.2, -0.15) is 0 Å². The number of rotatable bonds is 4. The van der Waals surface area contributed by atoms with Crippen LogP contribution in [0.2, 0.25) is 10.0 Å². The molecule has 0 radical (unpaired) electrons. The van der Waals surface area contributed by atoms with Gasteiger partial charge in [-0.05, 0) is 48.4 Å². The normalized spacial score (nSPS) is 16.6. The third-order valence-corrected chi connectivity index (χ3v) is 4.88. The summed E-state index contributed by atoms with van der Waals surface area (Å²) in [5.74, 6) is 0.748. The average Bonchev–Trinajstić information content (AvgIpc) is 3.05. The third-order valence-electron chi connectivity index (χ3n) is 3.18. The highest BCUT2D eigenvalue weighted by Crippen LogP contribution is 2.44. The summed E-state index contributed by atoms with van der Waals surface area (Å²) in [6.07, 6.45) is 2.60. The van der Waals surface area contributed by atoms with Gasteiger partial charge in [0.15, 0.2) is 0 Å². The van der Waals surface area contributed by atoms with Crippen LogP contribution in [0.15, 0.2) is 35.7 Å². The Balaban J connectivity index is 1.82. The molecule has 94 valence electrons. The maximum absolute atomic E-state index is 6.05. The van der Waals surface area contributed by atoms with E-state index in [2.05, 4.69) is 22.8 Å². The van der Waals surface area contributed by atoms with Gasteiger partial charge in [0.05, 0.1) is 16.1 Å². The Bertz CT molecular complexity index is 535. The fourth-order valence-corrected chi connectivity index (χ4v) is 3.25. The minimum absolute atomic E-state index is 0.405. The number of anilines is 1. The lowest BCUT2D eigenvalue weighted by Gasteiger charge is -2.18. The predicted molar refractivity (Wildman–Crippen MR) is 79.9 cm³/mol. The van der Waals surface area contributed by atoms with Gasteiger partial charge >= 0.3 is 0 Å². The van der Waals surface area contributed by atoms with Crippen molar-refractivity contribution in [1.29, 1.82) is 0 Å². The fourth-order valence-electron chi connectivity index (χ4n) is 2.08. The molecule has 0 bridgehead atoms. The Morgan fingerprint density at radius 1 is 1.17 bits per heavy atom. The van der Waals surface area contributed by atoms with Gasteiger partial charge in [0.25, 0.3) is 0 Å². The zero-order valence-corrected chi connectivity index (χ0v) is 12.0. The van der Waals surface area contributed by atoms with E-state index in [1.54, 1.807) is 11.3 Å². The second kappa shape index (κ2) is 5.12. The van der Waals surface area contributed by atoms with Crippen LogP contribution in [-0.2, 0) is 0 Å². The van der Waals surface area contributed by atoms with Crippen molar-refractivity contribution in [2.75, 3.05) is 5.32 Å². The highest BCUT2D eigenvalue weighted by atomic mass is 35.5. The van der Waals surface area contributed by atoms with Crippen LogP contribution in [-0.4, -0.2) is 0 Å². The SMILES string of the molecule is Clc1ccc(NC(c2cccs2)C2CC2)cc1Cl. The molecule has 1 heterocycles. The number of benzene rings is 1. The molecule has 3 rings (SSSR count). The first-order chi connectivity index (χ1) is 8.74. The molecule has 0 aliphatic heterocycles. The molecule has 1 aromatic carbocycles. The van der Waals surface area contributed by atoms with Gasteiger partial charge < -0.3 is 5.32 Å². The standard InChI is InChI=1S/C14H13Cl2NS/c15-11-6-5-10(8-12(11)16)17-14(9-3-4-9)13-2-1-7-18-13/h1-2,5-9,14,17H,3-4H2. The summed E-state index contributed by atoms with van der Waals surface area (Å²) in [7, 11) is 0. The quantitative estimate of drug-likeness (QED) is 0.772. The Kier molecular flexibility index (Phi) is 3.51. The molecule has 2 aromatic rings. The summed E-state index contributed by atoms with van der Waals surface area (Å²) in [5, 5.41) is 6.90. The molecule has 1 unspecified atom stereocenters. The molecule has 1 atom stereocenters. The van der Waals surface area contributed by atoms with Gasteiger partial charge in [-0.3, -0.25) is 0 Å². The number of halogens is 2. The van der Waals surface area contributed by atoms with Crippen LogP contribution in [0.4, 0.5) is 5.69 Å². The second-order valence-corrected chi connectivity index (χ2v) is 6.40. The zero-order valence-electron chi connectivity index (χ0n) is 9.70. The van der Waals surface area contributed by atoms with Gasteiger partial charge in [-0.1, -0.05) is 29.3 Å². The van der Waals surface area contributed by atoms with E-state index in [1.165, 1.54) is 17.7 Å². The van der Waals surface area contributed by atoms with Gasteiger partial charge in [-0.25, -0.2) is 0 Å². The minimum atomic E-state index is 0.405. The largest absolute Gasteiger partial charge is 0.377 e. The summed E-state index contributed by atoms with van der Waals surface area (Å²) in [4.78, 5) is 1.39. The summed E-state index contributed by atoms with van der Waals surface area (Å²) in [6, 6.07) is 10.4. The number of hydrogen-bond donors (Lipinski definition) is 1. The molecule has 4 heteroatoms. The molecular weight excluding hydrogens is 285 g/mol. The maximum atomic E-state index is 6.05. The molecule has 0 amide bonds. The average molecular weight is 298 g/mol. The van der Waals surface area contributed by atoms with Gasteiger partial charge in [0.1, 0.15) is 0 Å².